The lowest BCUT2D eigenvalue weighted by atomic mass is 10.1. The number of aromatic nitrogens is 2. The van der Waals surface area contributed by atoms with Crippen LogP contribution in [-0.2, 0) is 17.8 Å². The number of aryl methyl sites for hydroxylation is 2. The molecule has 0 fully saturated rings. The SMILES string of the molecule is CCc1c(C)nn(CCC(=O)N(C)CCCN)c1C. The Morgan fingerprint density at radius 1 is 1.42 bits per heavy atom. The minimum atomic E-state index is 0.152. The minimum Gasteiger partial charge on any atom is -0.346 e. The fraction of sp³-hybridized carbons (Fsp3) is 0.714. The number of nitrogens with two attached hydrogens (primary N) is 1. The van der Waals surface area contributed by atoms with Crippen LogP contribution >= 0.6 is 0 Å². The third-order valence-electron chi connectivity index (χ3n) is 3.55. The predicted octanol–water partition coefficient (Wildman–Crippen LogP) is 1.26. The van der Waals surface area contributed by atoms with E-state index in [1.54, 1.807) is 4.90 Å². The van der Waals surface area contributed by atoms with Crippen LogP contribution in [0.1, 0.15) is 36.7 Å². The smallest absolute Gasteiger partial charge is 0.224 e. The van der Waals surface area contributed by atoms with Crippen LogP contribution in [0.25, 0.3) is 0 Å². The second-order valence-corrected chi connectivity index (χ2v) is 4.93. The van der Waals surface area contributed by atoms with E-state index >= 15 is 0 Å². The first-order chi connectivity index (χ1) is 9.01. The van der Waals surface area contributed by atoms with E-state index in [0.29, 0.717) is 19.5 Å². The van der Waals surface area contributed by atoms with E-state index in [0.717, 1.165) is 25.1 Å². The number of hydrogen-bond acceptors (Lipinski definition) is 3. The van der Waals surface area contributed by atoms with Gasteiger partial charge in [-0.05, 0) is 38.8 Å². The molecular formula is C14H26N4O. The quantitative estimate of drug-likeness (QED) is 0.808. The molecule has 19 heavy (non-hydrogen) atoms. The summed E-state index contributed by atoms with van der Waals surface area (Å²) < 4.78 is 1.95. The molecule has 0 unspecified atom stereocenters. The fourth-order valence-corrected chi connectivity index (χ4v) is 2.31. The molecule has 0 aliphatic rings. The fourth-order valence-electron chi connectivity index (χ4n) is 2.31. The highest BCUT2D eigenvalue weighted by atomic mass is 16.2. The van der Waals surface area contributed by atoms with Gasteiger partial charge in [0.2, 0.25) is 5.91 Å². The molecule has 0 saturated carbocycles. The standard InChI is InChI=1S/C14H26N4O/c1-5-13-11(2)16-18(12(13)3)10-7-14(19)17(4)9-6-8-15/h5-10,15H2,1-4H3. The lowest BCUT2D eigenvalue weighted by Crippen LogP contribution is -2.29. The average Bonchev–Trinajstić information content (AvgIpc) is 2.67. The van der Waals surface area contributed by atoms with Gasteiger partial charge in [-0.2, -0.15) is 5.10 Å². The summed E-state index contributed by atoms with van der Waals surface area (Å²) in [6, 6.07) is 0. The predicted molar refractivity (Wildman–Crippen MR) is 77.0 cm³/mol. The van der Waals surface area contributed by atoms with E-state index in [-0.39, 0.29) is 5.91 Å². The molecule has 0 atom stereocenters. The van der Waals surface area contributed by atoms with Crippen molar-refractivity contribution in [2.45, 2.75) is 46.6 Å². The number of nitrogens with zero attached hydrogens (tertiary/aromatic N) is 3. The van der Waals surface area contributed by atoms with E-state index in [1.807, 2.05) is 18.7 Å². The maximum absolute atomic E-state index is 11.9. The molecule has 1 heterocycles. The monoisotopic (exact) mass is 266 g/mol. The van der Waals surface area contributed by atoms with E-state index in [1.165, 1.54) is 11.3 Å². The Balaban J connectivity index is 2.55. The molecule has 1 amide bonds. The van der Waals surface area contributed by atoms with Gasteiger partial charge in [0.15, 0.2) is 0 Å². The summed E-state index contributed by atoms with van der Waals surface area (Å²) in [6.07, 6.45) is 2.33. The lowest BCUT2D eigenvalue weighted by molar-refractivity contribution is -0.130. The van der Waals surface area contributed by atoms with Crippen molar-refractivity contribution < 1.29 is 4.79 Å². The Labute approximate surface area is 115 Å². The van der Waals surface area contributed by atoms with Crippen molar-refractivity contribution in [3.05, 3.63) is 17.0 Å². The van der Waals surface area contributed by atoms with Crippen molar-refractivity contribution >= 4 is 5.91 Å². The molecule has 1 aromatic heterocycles. The van der Waals surface area contributed by atoms with Gasteiger partial charge in [-0.1, -0.05) is 6.92 Å². The van der Waals surface area contributed by atoms with Gasteiger partial charge in [-0.15, -0.1) is 0 Å². The number of hydrogen-bond donors (Lipinski definition) is 1. The van der Waals surface area contributed by atoms with Crippen LogP contribution in [0.5, 0.6) is 0 Å². The zero-order valence-electron chi connectivity index (χ0n) is 12.6. The zero-order valence-corrected chi connectivity index (χ0v) is 12.6. The molecule has 1 rings (SSSR count). The van der Waals surface area contributed by atoms with E-state index < -0.39 is 0 Å². The van der Waals surface area contributed by atoms with Gasteiger partial charge in [-0.25, -0.2) is 0 Å². The summed E-state index contributed by atoms with van der Waals surface area (Å²) in [5, 5.41) is 4.50. The molecule has 5 nitrogen and oxygen atoms in total. The van der Waals surface area contributed by atoms with Crippen molar-refractivity contribution in [1.82, 2.24) is 14.7 Å². The highest BCUT2D eigenvalue weighted by Gasteiger charge is 2.12. The van der Waals surface area contributed by atoms with Crippen LogP contribution in [0.3, 0.4) is 0 Å². The van der Waals surface area contributed by atoms with E-state index in [4.69, 9.17) is 5.73 Å². The molecule has 0 aliphatic heterocycles. The van der Waals surface area contributed by atoms with Gasteiger partial charge in [-0.3, -0.25) is 9.48 Å². The van der Waals surface area contributed by atoms with Crippen LogP contribution in [-0.4, -0.2) is 40.7 Å². The Kier molecular flexibility index (Phi) is 6.02. The van der Waals surface area contributed by atoms with Crippen LogP contribution in [0.4, 0.5) is 0 Å². The summed E-state index contributed by atoms with van der Waals surface area (Å²) in [5.74, 6) is 0.152. The number of carbonyl (C=O) groups excluding carboxylic acids is 1. The van der Waals surface area contributed by atoms with Gasteiger partial charge >= 0.3 is 0 Å². The molecule has 1 aromatic rings. The first kappa shape index (κ1) is 15.7. The highest BCUT2D eigenvalue weighted by Crippen LogP contribution is 2.13. The Hall–Kier alpha value is -1.36. The maximum atomic E-state index is 11.9. The van der Waals surface area contributed by atoms with Gasteiger partial charge < -0.3 is 10.6 Å². The van der Waals surface area contributed by atoms with E-state index in [2.05, 4.69) is 18.9 Å². The molecule has 0 saturated heterocycles. The summed E-state index contributed by atoms with van der Waals surface area (Å²) in [6.45, 7) is 8.23. The van der Waals surface area contributed by atoms with Crippen LogP contribution in [0, 0.1) is 13.8 Å². The Bertz CT molecular complexity index is 425. The van der Waals surface area contributed by atoms with Gasteiger partial charge in [0.05, 0.1) is 5.69 Å². The molecule has 108 valence electrons. The molecule has 0 aliphatic carbocycles. The van der Waals surface area contributed by atoms with Crippen LogP contribution in [0.15, 0.2) is 0 Å². The number of rotatable bonds is 7. The zero-order chi connectivity index (χ0) is 14.4. The van der Waals surface area contributed by atoms with Crippen LogP contribution in [0.2, 0.25) is 0 Å². The van der Waals surface area contributed by atoms with Crippen molar-refractivity contribution in [2.24, 2.45) is 5.73 Å². The second-order valence-electron chi connectivity index (χ2n) is 4.93. The lowest BCUT2D eigenvalue weighted by Gasteiger charge is -2.16. The van der Waals surface area contributed by atoms with Crippen molar-refractivity contribution in [3.8, 4) is 0 Å². The van der Waals surface area contributed by atoms with Crippen molar-refractivity contribution in [1.29, 1.82) is 0 Å². The molecule has 0 radical (unpaired) electrons. The normalized spacial score (nSPS) is 10.8. The molecule has 0 spiro atoms. The summed E-state index contributed by atoms with van der Waals surface area (Å²) in [4.78, 5) is 13.7. The molecule has 2 N–H and O–H groups in total. The highest BCUT2D eigenvalue weighted by molar-refractivity contribution is 5.75. The minimum absolute atomic E-state index is 0.152. The summed E-state index contributed by atoms with van der Waals surface area (Å²) >= 11 is 0. The molecular weight excluding hydrogens is 240 g/mol. The first-order valence-electron chi connectivity index (χ1n) is 6.98. The van der Waals surface area contributed by atoms with Crippen molar-refractivity contribution in [2.75, 3.05) is 20.1 Å². The van der Waals surface area contributed by atoms with Gasteiger partial charge in [0.25, 0.3) is 0 Å². The number of amides is 1. The van der Waals surface area contributed by atoms with E-state index in [9.17, 15) is 4.79 Å². The topological polar surface area (TPSA) is 64.2 Å². The molecule has 0 bridgehead atoms. The third-order valence-corrected chi connectivity index (χ3v) is 3.55. The maximum Gasteiger partial charge on any atom is 0.224 e. The van der Waals surface area contributed by atoms with Crippen LogP contribution < -0.4 is 5.73 Å². The largest absolute Gasteiger partial charge is 0.346 e. The van der Waals surface area contributed by atoms with Gasteiger partial charge in [0.1, 0.15) is 0 Å². The Morgan fingerprint density at radius 3 is 2.63 bits per heavy atom. The average molecular weight is 266 g/mol. The second kappa shape index (κ2) is 7.28. The van der Waals surface area contributed by atoms with Crippen molar-refractivity contribution in [3.63, 3.8) is 0 Å². The number of carbonyl (C=O) groups is 1. The summed E-state index contributed by atoms with van der Waals surface area (Å²) in [7, 11) is 1.83. The Morgan fingerprint density at radius 2 is 2.11 bits per heavy atom. The third kappa shape index (κ3) is 4.06. The summed E-state index contributed by atoms with van der Waals surface area (Å²) in [5.41, 5.74) is 8.99. The molecule has 0 aromatic carbocycles. The van der Waals surface area contributed by atoms with Gasteiger partial charge in [0, 0.05) is 32.3 Å². The first-order valence-corrected chi connectivity index (χ1v) is 6.98. The molecule has 5 heteroatoms.